The van der Waals surface area contributed by atoms with Gasteiger partial charge in [0.2, 0.25) is 0 Å². The molecule has 184 valence electrons. The highest BCUT2D eigenvalue weighted by atomic mass is 35.5. The molecule has 7 nitrogen and oxygen atoms in total. The molecule has 0 aliphatic rings. The summed E-state index contributed by atoms with van der Waals surface area (Å²) in [6.07, 6.45) is 0.790. The van der Waals surface area contributed by atoms with Crippen molar-refractivity contribution < 1.29 is 17.9 Å². The second kappa shape index (κ2) is 11.6. The molecule has 35 heavy (non-hydrogen) atoms. The third kappa shape index (κ3) is 7.03. The first kappa shape index (κ1) is 26.6. The maximum atomic E-state index is 12.9. The zero-order chi connectivity index (χ0) is 25.6. The SMILES string of the molecule is CC(CCOc1cc(NS(=O)(=O)c2ccc(Oc3cccc(Cl)c3C#N)cc2)ccc1Cl)N(C)C. The third-order valence-corrected chi connectivity index (χ3v) is 7.33. The summed E-state index contributed by atoms with van der Waals surface area (Å²) >= 11 is 12.2. The minimum Gasteiger partial charge on any atom is -0.492 e. The number of anilines is 1. The van der Waals surface area contributed by atoms with Gasteiger partial charge < -0.3 is 14.4 Å². The van der Waals surface area contributed by atoms with Gasteiger partial charge in [0.25, 0.3) is 10.0 Å². The van der Waals surface area contributed by atoms with Gasteiger partial charge in [0.1, 0.15) is 28.9 Å². The topological polar surface area (TPSA) is 91.7 Å². The molecule has 1 atom stereocenters. The molecule has 0 heterocycles. The average molecular weight is 534 g/mol. The Hall–Kier alpha value is -2.96. The van der Waals surface area contributed by atoms with Crippen LogP contribution >= 0.6 is 23.2 Å². The number of sulfonamides is 1. The summed E-state index contributed by atoms with van der Waals surface area (Å²) in [5.41, 5.74) is 0.521. The van der Waals surface area contributed by atoms with Gasteiger partial charge in [-0.15, -0.1) is 0 Å². The predicted octanol–water partition coefficient (Wildman–Crippen LogP) is 6.18. The van der Waals surface area contributed by atoms with Crippen LogP contribution in [0.4, 0.5) is 5.69 Å². The number of hydrogen-bond acceptors (Lipinski definition) is 6. The van der Waals surface area contributed by atoms with Gasteiger partial charge in [-0.05, 0) is 76.0 Å². The summed E-state index contributed by atoms with van der Waals surface area (Å²) in [5.74, 6) is 1.04. The van der Waals surface area contributed by atoms with Gasteiger partial charge in [0.15, 0.2) is 0 Å². The second-order valence-corrected chi connectivity index (χ2v) is 10.5. The number of halogens is 2. The maximum absolute atomic E-state index is 12.9. The number of rotatable bonds is 10. The lowest BCUT2D eigenvalue weighted by Gasteiger charge is -2.20. The van der Waals surface area contributed by atoms with E-state index in [2.05, 4.69) is 16.5 Å². The summed E-state index contributed by atoms with van der Waals surface area (Å²) in [7, 11) is 0.104. The first-order valence-electron chi connectivity index (χ1n) is 10.7. The van der Waals surface area contributed by atoms with E-state index >= 15 is 0 Å². The molecule has 0 aliphatic heterocycles. The van der Waals surface area contributed by atoms with Gasteiger partial charge in [-0.3, -0.25) is 4.72 Å². The molecule has 1 N–H and O–H groups in total. The number of nitrogens with zero attached hydrogens (tertiary/aromatic N) is 2. The Morgan fingerprint density at radius 3 is 2.40 bits per heavy atom. The van der Waals surface area contributed by atoms with Crippen LogP contribution in [0.5, 0.6) is 17.2 Å². The van der Waals surface area contributed by atoms with Crippen molar-refractivity contribution in [1.29, 1.82) is 5.26 Å². The van der Waals surface area contributed by atoms with E-state index in [4.69, 9.17) is 32.7 Å². The Labute approximate surface area is 215 Å². The standard InChI is InChI=1S/C25H25Cl2N3O4S/c1-17(30(2)3)13-14-33-25-15-18(7-12-23(25)27)29-35(31,32)20-10-8-19(9-11-20)34-24-6-4-5-22(26)21(24)16-28/h4-12,15,17,29H,13-14H2,1-3H3. The first-order valence-corrected chi connectivity index (χ1v) is 12.9. The van der Waals surface area contributed by atoms with Crippen LogP contribution in [0.1, 0.15) is 18.9 Å². The molecule has 3 aromatic rings. The van der Waals surface area contributed by atoms with Gasteiger partial charge in [-0.25, -0.2) is 8.42 Å². The van der Waals surface area contributed by atoms with Gasteiger partial charge in [-0.2, -0.15) is 5.26 Å². The van der Waals surface area contributed by atoms with Crippen molar-refractivity contribution in [2.45, 2.75) is 24.3 Å². The van der Waals surface area contributed by atoms with E-state index in [1.165, 1.54) is 24.3 Å². The van der Waals surface area contributed by atoms with Gasteiger partial charge in [0, 0.05) is 12.1 Å². The fourth-order valence-corrected chi connectivity index (χ4v) is 4.43. The minimum absolute atomic E-state index is 0.0358. The highest BCUT2D eigenvalue weighted by Gasteiger charge is 2.16. The van der Waals surface area contributed by atoms with E-state index in [-0.39, 0.29) is 21.2 Å². The molecular formula is C25H25Cl2N3O4S. The number of nitrogens with one attached hydrogen (secondary N) is 1. The van der Waals surface area contributed by atoms with Crippen molar-refractivity contribution >= 4 is 38.9 Å². The Balaban J connectivity index is 1.70. The summed E-state index contributed by atoms with van der Waals surface area (Å²) in [6, 6.07) is 17.7. The zero-order valence-electron chi connectivity index (χ0n) is 19.5. The molecule has 0 amide bonds. The molecule has 0 radical (unpaired) electrons. The monoisotopic (exact) mass is 533 g/mol. The molecular weight excluding hydrogens is 509 g/mol. The molecule has 3 rings (SSSR count). The smallest absolute Gasteiger partial charge is 0.261 e. The summed E-state index contributed by atoms with van der Waals surface area (Å²) in [6.45, 7) is 2.53. The Bertz CT molecular complexity index is 1320. The van der Waals surface area contributed by atoms with Crippen LogP contribution in [0.2, 0.25) is 10.0 Å². The van der Waals surface area contributed by atoms with E-state index < -0.39 is 10.0 Å². The quantitative estimate of drug-likeness (QED) is 0.334. The lowest BCUT2D eigenvalue weighted by Crippen LogP contribution is -2.26. The number of ether oxygens (including phenoxy) is 2. The van der Waals surface area contributed by atoms with Crippen LogP contribution in [0.15, 0.2) is 65.6 Å². The van der Waals surface area contributed by atoms with Crippen molar-refractivity contribution in [1.82, 2.24) is 4.90 Å². The third-order valence-electron chi connectivity index (χ3n) is 5.31. The molecule has 1 unspecified atom stereocenters. The van der Waals surface area contributed by atoms with Crippen molar-refractivity contribution in [3.8, 4) is 23.3 Å². The highest BCUT2D eigenvalue weighted by Crippen LogP contribution is 2.32. The van der Waals surface area contributed by atoms with Gasteiger partial charge in [0.05, 0.1) is 27.2 Å². The molecule has 0 aliphatic carbocycles. The van der Waals surface area contributed by atoms with E-state index in [1.807, 2.05) is 20.2 Å². The summed E-state index contributed by atoms with van der Waals surface area (Å²) in [5, 5.41) is 9.94. The molecule has 10 heteroatoms. The van der Waals surface area contributed by atoms with Crippen LogP contribution in [0.3, 0.4) is 0 Å². The molecule has 0 saturated carbocycles. The van der Waals surface area contributed by atoms with Gasteiger partial charge >= 0.3 is 0 Å². The number of benzene rings is 3. The van der Waals surface area contributed by atoms with Crippen molar-refractivity contribution in [2.24, 2.45) is 0 Å². The molecule has 0 aromatic heterocycles. The summed E-state index contributed by atoms with van der Waals surface area (Å²) < 4.78 is 39.8. The first-order chi connectivity index (χ1) is 16.6. The summed E-state index contributed by atoms with van der Waals surface area (Å²) in [4.78, 5) is 2.12. The maximum Gasteiger partial charge on any atom is 0.261 e. The zero-order valence-corrected chi connectivity index (χ0v) is 21.8. The van der Waals surface area contributed by atoms with Crippen LogP contribution in [-0.2, 0) is 10.0 Å². The van der Waals surface area contributed by atoms with Crippen molar-refractivity contribution in [3.63, 3.8) is 0 Å². The van der Waals surface area contributed by atoms with Crippen molar-refractivity contribution in [3.05, 3.63) is 76.3 Å². The second-order valence-electron chi connectivity index (χ2n) is 8.00. The highest BCUT2D eigenvalue weighted by molar-refractivity contribution is 7.92. The molecule has 0 saturated heterocycles. The largest absolute Gasteiger partial charge is 0.492 e. The molecule has 0 bridgehead atoms. The number of hydrogen-bond donors (Lipinski definition) is 1. The Morgan fingerprint density at radius 2 is 1.74 bits per heavy atom. The van der Waals surface area contributed by atoms with Crippen molar-refractivity contribution in [2.75, 3.05) is 25.4 Å². The van der Waals surface area contributed by atoms with E-state index in [0.29, 0.717) is 34.9 Å². The lowest BCUT2D eigenvalue weighted by atomic mass is 10.2. The fourth-order valence-electron chi connectivity index (χ4n) is 3.00. The van der Waals surface area contributed by atoms with Crippen LogP contribution in [0.25, 0.3) is 0 Å². The average Bonchev–Trinajstić information content (AvgIpc) is 2.81. The predicted molar refractivity (Wildman–Crippen MR) is 138 cm³/mol. The molecule has 0 fully saturated rings. The molecule has 0 spiro atoms. The Morgan fingerprint density at radius 1 is 1.03 bits per heavy atom. The number of nitriles is 1. The minimum atomic E-state index is -3.88. The van der Waals surface area contributed by atoms with E-state index in [0.717, 1.165) is 6.42 Å². The van der Waals surface area contributed by atoms with E-state index in [9.17, 15) is 13.7 Å². The molecule has 3 aromatic carbocycles. The lowest BCUT2D eigenvalue weighted by molar-refractivity contribution is 0.233. The van der Waals surface area contributed by atoms with Crippen LogP contribution in [-0.4, -0.2) is 40.1 Å². The Kier molecular flexibility index (Phi) is 8.87. The van der Waals surface area contributed by atoms with Crippen LogP contribution < -0.4 is 14.2 Å². The van der Waals surface area contributed by atoms with E-state index in [1.54, 1.807) is 36.4 Å². The fraction of sp³-hybridized carbons (Fsp3) is 0.240. The normalized spacial score (nSPS) is 12.1. The van der Waals surface area contributed by atoms with Gasteiger partial charge in [-0.1, -0.05) is 29.3 Å². The van der Waals surface area contributed by atoms with Crippen LogP contribution in [0, 0.1) is 11.3 Å².